The summed E-state index contributed by atoms with van der Waals surface area (Å²) >= 11 is 0. The lowest BCUT2D eigenvalue weighted by atomic mass is 9.93. The van der Waals surface area contributed by atoms with Gasteiger partial charge in [-0.1, -0.05) is 5.16 Å². The Bertz CT molecular complexity index is 647. The molecule has 1 aromatic rings. The summed E-state index contributed by atoms with van der Waals surface area (Å²) in [5.41, 5.74) is 0.442. The first-order valence-corrected chi connectivity index (χ1v) is 10.1. The molecular weight excluding hydrogens is 330 g/mol. The van der Waals surface area contributed by atoms with Gasteiger partial charge in [-0.2, -0.15) is 4.31 Å². The van der Waals surface area contributed by atoms with E-state index in [2.05, 4.69) is 20.4 Å². The highest BCUT2D eigenvalue weighted by molar-refractivity contribution is 7.88. The minimum absolute atomic E-state index is 0.111. The lowest BCUT2D eigenvalue weighted by molar-refractivity contribution is 0.252. The van der Waals surface area contributed by atoms with Crippen LogP contribution >= 0.6 is 0 Å². The number of guanidine groups is 1. The Morgan fingerprint density at radius 2 is 2.12 bits per heavy atom. The number of aliphatic imine (C=N–C) groups is 1. The smallest absolute Gasteiger partial charge is 0.220 e. The van der Waals surface area contributed by atoms with Gasteiger partial charge in [-0.25, -0.2) is 8.42 Å². The summed E-state index contributed by atoms with van der Waals surface area (Å²) in [6, 6.07) is 2.10. The minimum Gasteiger partial charge on any atom is -0.364 e. The quantitative estimate of drug-likeness (QED) is 0.616. The van der Waals surface area contributed by atoms with Gasteiger partial charge in [0.05, 0.1) is 5.69 Å². The second kappa shape index (κ2) is 7.52. The van der Waals surface area contributed by atoms with Crippen LogP contribution in [-0.2, 0) is 15.8 Å². The molecule has 134 valence electrons. The second-order valence-corrected chi connectivity index (χ2v) is 8.17. The van der Waals surface area contributed by atoms with Crippen LogP contribution in [0.25, 0.3) is 0 Å². The van der Waals surface area contributed by atoms with E-state index in [1.807, 2.05) is 6.92 Å². The molecule has 1 N–H and O–H groups in total. The number of hydrogen-bond acceptors (Lipinski definition) is 5. The van der Waals surface area contributed by atoms with E-state index >= 15 is 0 Å². The van der Waals surface area contributed by atoms with E-state index in [9.17, 15) is 8.42 Å². The Hall–Kier alpha value is -1.61. The highest BCUT2D eigenvalue weighted by Crippen LogP contribution is 2.19. The lowest BCUT2D eigenvalue weighted by Gasteiger charge is -2.38. The van der Waals surface area contributed by atoms with Crippen molar-refractivity contribution in [3.63, 3.8) is 0 Å². The SMILES string of the molecule is CCN=C(NC1CCC1)N1CCN(S(=O)(=O)Cc2ccon2)CC1. The topological polar surface area (TPSA) is 91.0 Å². The third kappa shape index (κ3) is 4.07. The summed E-state index contributed by atoms with van der Waals surface area (Å²) < 4.78 is 31.2. The molecule has 9 heteroatoms. The molecule has 2 fully saturated rings. The lowest BCUT2D eigenvalue weighted by Crippen LogP contribution is -2.56. The number of rotatable bonds is 5. The Kier molecular flexibility index (Phi) is 5.40. The number of nitrogens with zero attached hydrogens (tertiary/aromatic N) is 4. The third-order valence-corrected chi connectivity index (χ3v) is 6.31. The van der Waals surface area contributed by atoms with Gasteiger partial charge in [-0.3, -0.25) is 4.99 Å². The van der Waals surface area contributed by atoms with E-state index in [4.69, 9.17) is 4.52 Å². The summed E-state index contributed by atoms with van der Waals surface area (Å²) in [6.07, 6.45) is 5.04. The molecule has 2 heterocycles. The van der Waals surface area contributed by atoms with Gasteiger partial charge >= 0.3 is 0 Å². The van der Waals surface area contributed by atoms with Gasteiger partial charge in [0, 0.05) is 44.8 Å². The highest BCUT2D eigenvalue weighted by atomic mass is 32.2. The third-order valence-electron chi connectivity index (χ3n) is 4.50. The van der Waals surface area contributed by atoms with Crippen molar-refractivity contribution in [1.29, 1.82) is 0 Å². The van der Waals surface area contributed by atoms with Crippen LogP contribution in [0, 0.1) is 0 Å². The Balaban J connectivity index is 1.56. The fourth-order valence-corrected chi connectivity index (χ4v) is 4.31. The maximum atomic E-state index is 12.5. The molecule has 0 radical (unpaired) electrons. The summed E-state index contributed by atoms with van der Waals surface area (Å²) in [6.45, 7) is 4.97. The molecule has 1 aromatic heterocycles. The second-order valence-electron chi connectivity index (χ2n) is 6.20. The fraction of sp³-hybridized carbons (Fsp3) is 0.733. The fourth-order valence-electron chi connectivity index (χ4n) is 2.89. The summed E-state index contributed by atoms with van der Waals surface area (Å²) in [5, 5.41) is 7.19. The molecule has 8 nitrogen and oxygen atoms in total. The van der Waals surface area contributed by atoms with Gasteiger partial charge in [-0.15, -0.1) is 0 Å². The molecule has 24 heavy (non-hydrogen) atoms. The molecule has 2 aliphatic rings. The van der Waals surface area contributed by atoms with Crippen molar-refractivity contribution in [3.8, 4) is 0 Å². The standard InChI is InChI=1S/C15H25N5O3S/c1-2-16-15(17-13-4-3-5-13)19-7-9-20(10-8-19)24(21,22)12-14-6-11-23-18-14/h6,11,13H,2-5,7-10,12H2,1H3,(H,16,17). The zero-order valence-electron chi connectivity index (χ0n) is 14.0. The monoisotopic (exact) mass is 355 g/mol. The number of piperazine rings is 1. The first kappa shape index (κ1) is 17.2. The van der Waals surface area contributed by atoms with E-state index in [0.29, 0.717) is 37.9 Å². The van der Waals surface area contributed by atoms with Crippen molar-refractivity contribution in [3.05, 3.63) is 18.0 Å². The maximum absolute atomic E-state index is 12.5. The van der Waals surface area contributed by atoms with Gasteiger partial charge < -0.3 is 14.7 Å². The minimum atomic E-state index is -3.36. The van der Waals surface area contributed by atoms with Crippen LogP contribution in [0.3, 0.4) is 0 Å². The van der Waals surface area contributed by atoms with Crippen molar-refractivity contribution in [2.75, 3.05) is 32.7 Å². The highest BCUT2D eigenvalue weighted by Gasteiger charge is 2.30. The van der Waals surface area contributed by atoms with Crippen molar-refractivity contribution < 1.29 is 12.9 Å². The summed E-state index contributed by atoms with van der Waals surface area (Å²) in [4.78, 5) is 6.72. The summed E-state index contributed by atoms with van der Waals surface area (Å²) in [7, 11) is -3.36. The average molecular weight is 355 g/mol. The van der Waals surface area contributed by atoms with Gasteiger partial charge in [-0.05, 0) is 26.2 Å². The first-order valence-electron chi connectivity index (χ1n) is 8.51. The Labute approximate surface area is 142 Å². The number of hydrogen-bond donors (Lipinski definition) is 1. The molecule has 1 saturated carbocycles. The van der Waals surface area contributed by atoms with Gasteiger partial charge in [0.1, 0.15) is 12.0 Å². The molecule has 0 atom stereocenters. The van der Waals surface area contributed by atoms with E-state index < -0.39 is 10.0 Å². The van der Waals surface area contributed by atoms with E-state index in [1.54, 1.807) is 6.07 Å². The molecule has 1 aliphatic carbocycles. The van der Waals surface area contributed by atoms with Crippen LogP contribution < -0.4 is 5.32 Å². The van der Waals surface area contributed by atoms with Crippen LogP contribution in [-0.4, -0.2) is 67.5 Å². The Morgan fingerprint density at radius 1 is 1.38 bits per heavy atom. The number of aromatic nitrogens is 1. The van der Waals surface area contributed by atoms with Gasteiger partial charge in [0.2, 0.25) is 10.0 Å². The van der Waals surface area contributed by atoms with E-state index in [0.717, 1.165) is 12.5 Å². The van der Waals surface area contributed by atoms with Crippen LogP contribution in [0.5, 0.6) is 0 Å². The van der Waals surface area contributed by atoms with Crippen molar-refractivity contribution in [1.82, 2.24) is 19.7 Å². The molecule has 0 bridgehead atoms. The maximum Gasteiger partial charge on any atom is 0.220 e. The van der Waals surface area contributed by atoms with Crippen LogP contribution in [0.1, 0.15) is 31.9 Å². The van der Waals surface area contributed by atoms with Crippen LogP contribution in [0.4, 0.5) is 0 Å². The van der Waals surface area contributed by atoms with Crippen LogP contribution in [0.2, 0.25) is 0 Å². The van der Waals surface area contributed by atoms with Gasteiger partial charge in [0.15, 0.2) is 5.96 Å². The number of sulfonamides is 1. The molecule has 3 rings (SSSR count). The number of nitrogens with one attached hydrogen (secondary N) is 1. The van der Waals surface area contributed by atoms with E-state index in [1.165, 1.54) is 29.8 Å². The zero-order valence-corrected chi connectivity index (χ0v) is 14.8. The molecule has 0 aromatic carbocycles. The molecule has 1 saturated heterocycles. The zero-order chi connectivity index (χ0) is 17.0. The molecule has 0 unspecified atom stereocenters. The van der Waals surface area contributed by atoms with Crippen LogP contribution in [0.15, 0.2) is 21.8 Å². The van der Waals surface area contributed by atoms with Crippen molar-refractivity contribution in [2.24, 2.45) is 4.99 Å². The molecule has 0 spiro atoms. The predicted molar refractivity (Wildman–Crippen MR) is 91.0 cm³/mol. The van der Waals surface area contributed by atoms with Crippen molar-refractivity contribution in [2.45, 2.75) is 38.0 Å². The predicted octanol–water partition coefficient (Wildman–Crippen LogP) is 0.640. The molecule has 0 amide bonds. The Morgan fingerprint density at radius 3 is 2.67 bits per heavy atom. The largest absolute Gasteiger partial charge is 0.364 e. The average Bonchev–Trinajstić information content (AvgIpc) is 3.02. The van der Waals surface area contributed by atoms with Gasteiger partial charge in [0.25, 0.3) is 0 Å². The first-order chi connectivity index (χ1) is 11.6. The summed E-state index contributed by atoms with van der Waals surface area (Å²) in [5.74, 6) is 0.801. The molecular formula is C15H25N5O3S. The van der Waals surface area contributed by atoms with E-state index in [-0.39, 0.29) is 5.75 Å². The molecule has 1 aliphatic heterocycles. The van der Waals surface area contributed by atoms with Crippen molar-refractivity contribution >= 4 is 16.0 Å². The normalized spacial score (nSPS) is 20.9.